The quantitative estimate of drug-likeness (QED) is 0.789. The number of rotatable bonds is 6. The van der Waals surface area contributed by atoms with Crippen molar-refractivity contribution < 1.29 is 10.1 Å². The molecule has 2 nitrogen and oxygen atoms in total. The van der Waals surface area contributed by atoms with Crippen molar-refractivity contribution in [2.75, 3.05) is 13.7 Å². The number of benzene rings is 2. The van der Waals surface area contributed by atoms with Gasteiger partial charge in [-0.3, -0.25) is 0 Å². The fourth-order valence-corrected chi connectivity index (χ4v) is 2.05. The Morgan fingerprint density at radius 2 is 1.53 bits per heavy atom. The molecule has 0 radical (unpaired) electrons. The van der Waals surface area contributed by atoms with E-state index in [9.17, 15) is 0 Å². The van der Waals surface area contributed by atoms with Crippen LogP contribution in [0.5, 0.6) is 5.75 Å². The number of hydrogen-bond acceptors (Lipinski definition) is 1. The van der Waals surface area contributed by atoms with Crippen molar-refractivity contribution in [2.45, 2.75) is 19.9 Å². The third-order valence-electron chi connectivity index (χ3n) is 3.30. The molecule has 19 heavy (non-hydrogen) atoms. The molecule has 0 aliphatic rings. The molecule has 2 heteroatoms. The Bertz CT molecular complexity index is 488. The van der Waals surface area contributed by atoms with E-state index in [1.54, 1.807) is 7.11 Å². The van der Waals surface area contributed by atoms with Gasteiger partial charge in [0.15, 0.2) is 0 Å². The Kier molecular flexibility index (Phi) is 4.99. The predicted molar refractivity (Wildman–Crippen MR) is 78.4 cm³/mol. The van der Waals surface area contributed by atoms with Crippen molar-refractivity contribution in [2.24, 2.45) is 0 Å². The van der Waals surface area contributed by atoms with E-state index in [1.165, 1.54) is 16.7 Å². The van der Waals surface area contributed by atoms with Crippen LogP contribution < -0.4 is 10.1 Å². The largest absolute Gasteiger partial charge is 0.497 e. The molecule has 2 aromatic carbocycles. The van der Waals surface area contributed by atoms with Crippen LogP contribution >= 0.6 is 0 Å². The molecule has 0 unspecified atom stereocenters. The highest BCUT2D eigenvalue weighted by Crippen LogP contribution is 2.11. The third kappa shape index (κ3) is 4.42. The average Bonchev–Trinajstić information content (AvgIpc) is 2.46. The minimum Gasteiger partial charge on any atom is -0.497 e. The lowest BCUT2D eigenvalue weighted by Gasteiger charge is -2.04. The Balaban J connectivity index is 1.72. The van der Waals surface area contributed by atoms with Gasteiger partial charge in [-0.2, -0.15) is 0 Å². The monoisotopic (exact) mass is 256 g/mol. The predicted octanol–water partition coefficient (Wildman–Crippen LogP) is 2.31. The number of hydrogen-bond donors (Lipinski definition) is 1. The molecule has 0 bridgehead atoms. The molecule has 0 heterocycles. The van der Waals surface area contributed by atoms with Gasteiger partial charge in [0, 0.05) is 12.0 Å². The number of aryl methyl sites for hydroxylation is 1. The van der Waals surface area contributed by atoms with Gasteiger partial charge in [0.25, 0.3) is 0 Å². The van der Waals surface area contributed by atoms with Crippen LogP contribution in [0.3, 0.4) is 0 Å². The summed E-state index contributed by atoms with van der Waals surface area (Å²) in [6, 6.07) is 17.1. The zero-order valence-electron chi connectivity index (χ0n) is 11.7. The van der Waals surface area contributed by atoms with Crippen LogP contribution in [0.2, 0.25) is 0 Å². The lowest BCUT2D eigenvalue weighted by atomic mass is 10.1. The summed E-state index contributed by atoms with van der Waals surface area (Å²) in [5, 5.41) is 2.36. The van der Waals surface area contributed by atoms with E-state index in [2.05, 4.69) is 48.6 Å². The van der Waals surface area contributed by atoms with E-state index < -0.39 is 0 Å². The second kappa shape index (κ2) is 6.95. The van der Waals surface area contributed by atoms with Crippen LogP contribution in [0.25, 0.3) is 0 Å². The van der Waals surface area contributed by atoms with Crippen molar-refractivity contribution in [1.82, 2.24) is 0 Å². The van der Waals surface area contributed by atoms with Crippen LogP contribution in [-0.4, -0.2) is 13.7 Å². The normalized spacial score (nSPS) is 10.4. The molecule has 0 aromatic heterocycles. The summed E-state index contributed by atoms with van der Waals surface area (Å²) in [5.74, 6) is 0.924. The van der Waals surface area contributed by atoms with E-state index in [4.69, 9.17) is 4.74 Å². The van der Waals surface area contributed by atoms with Crippen molar-refractivity contribution in [1.29, 1.82) is 0 Å². The van der Waals surface area contributed by atoms with Crippen molar-refractivity contribution in [3.05, 3.63) is 65.2 Å². The molecule has 0 spiro atoms. The van der Waals surface area contributed by atoms with Crippen molar-refractivity contribution in [3.8, 4) is 5.75 Å². The molecular formula is C17H22NO+. The molecule has 0 fully saturated rings. The second-order valence-electron chi connectivity index (χ2n) is 4.87. The first kappa shape index (κ1) is 13.6. The Labute approximate surface area is 115 Å². The first-order valence-corrected chi connectivity index (χ1v) is 6.78. The van der Waals surface area contributed by atoms with Gasteiger partial charge < -0.3 is 10.1 Å². The Morgan fingerprint density at radius 3 is 2.16 bits per heavy atom. The van der Waals surface area contributed by atoms with Gasteiger partial charge in [-0.1, -0.05) is 42.0 Å². The fraction of sp³-hybridized carbons (Fsp3) is 0.294. The number of methoxy groups -OCH3 is 1. The van der Waals surface area contributed by atoms with Crippen molar-refractivity contribution in [3.63, 3.8) is 0 Å². The lowest BCUT2D eigenvalue weighted by molar-refractivity contribution is -0.670. The highest BCUT2D eigenvalue weighted by Gasteiger charge is 1.98. The highest BCUT2D eigenvalue weighted by atomic mass is 16.5. The molecule has 2 rings (SSSR count). The fourth-order valence-electron chi connectivity index (χ4n) is 2.05. The van der Waals surface area contributed by atoms with E-state index in [1.807, 2.05) is 12.1 Å². The molecule has 0 amide bonds. The third-order valence-corrected chi connectivity index (χ3v) is 3.30. The summed E-state index contributed by atoms with van der Waals surface area (Å²) in [7, 11) is 1.70. The Hall–Kier alpha value is -1.80. The maximum absolute atomic E-state index is 5.15. The van der Waals surface area contributed by atoms with Crippen LogP contribution in [-0.2, 0) is 13.0 Å². The average molecular weight is 256 g/mol. The van der Waals surface area contributed by atoms with E-state index in [0.29, 0.717) is 0 Å². The van der Waals surface area contributed by atoms with Gasteiger partial charge >= 0.3 is 0 Å². The van der Waals surface area contributed by atoms with Crippen LogP contribution in [0, 0.1) is 6.92 Å². The molecule has 0 saturated heterocycles. The van der Waals surface area contributed by atoms with E-state index in [-0.39, 0.29) is 0 Å². The van der Waals surface area contributed by atoms with Gasteiger partial charge in [0.2, 0.25) is 0 Å². The van der Waals surface area contributed by atoms with Gasteiger partial charge in [-0.05, 0) is 24.6 Å². The zero-order chi connectivity index (χ0) is 13.5. The minimum absolute atomic E-state index is 0.924. The summed E-state index contributed by atoms with van der Waals surface area (Å²) in [6.07, 6.45) is 1.09. The van der Waals surface area contributed by atoms with Gasteiger partial charge in [-0.15, -0.1) is 0 Å². The first-order chi connectivity index (χ1) is 9.28. The minimum atomic E-state index is 0.924. The van der Waals surface area contributed by atoms with Crippen molar-refractivity contribution >= 4 is 0 Å². The molecule has 2 aromatic rings. The van der Waals surface area contributed by atoms with Crippen LogP contribution in [0.1, 0.15) is 16.7 Å². The SMILES string of the molecule is COc1ccc(CC[NH2+]Cc2ccc(C)cc2)cc1. The van der Waals surface area contributed by atoms with Crippen LogP contribution in [0.4, 0.5) is 0 Å². The maximum Gasteiger partial charge on any atom is 0.118 e. The standard InChI is InChI=1S/C17H21NO/c1-14-3-5-16(6-4-14)13-18-12-11-15-7-9-17(19-2)10-8-15/h3-10,18H,11-13H2,1-2H3/p+1. The first-order valence-electron chi connectivity index (χ1n) is 6.78. The van der Waals surface area contributed by atoms with E-state index in [0.717, 1.165) is 25.3 Å². The lowest BCUT2D eigenvalue weighted by Crippen LogP contribution is -2.83. The molecule has 0 saturated carbocycles. The summed E-state index contributed by atoms with van der Waals surface area (Å²) in [6.45, 7) is 4.29. The topological polar surface area (TPSA) is 25.8 Å². The number of quaternary nitrogens is 1. The summed E-state index contributed by atoms with van der Waals surface area (Å²) in [5.41, 5.74) is 4.07. The van der Waals surface area contributed by atoms with E-state index >= 15 is 0 Å². The molecule has 0 atom stereocenters. The summed E-state index contributed by atoms with van der Waals surface area (Å²) < 4.78 is 5.15. The number of nitrogens with two attached hydrogens (primary N) is 1. The van der Waals surface area contributed by atoms with Gasteiger partial charge in [0.1, 0.15) is 12.3 Å². The van der Waals surface area contributed by atoms with Gasteiger partial charge in [-0.25, -0.2) is 0 Å². The smallest absolute Gasteiger partial charge is 0.118 e. The number of ether oxygens (including phenoxy) is 1. The maximum atomic E-state index is 5.15. The summed E-state index contributed by atoms with van der Waals surface area (Å²) >= 11 is 0. The highest BCUT2D eigenvalue weighted by molar-refractivity contribution is 5.27. The molecule has 0 aliphatic carbocycles. The zero-order valence-corrected chi connectivity index (χ0v) is 11.7. The van der Waals surface area contributed by atoms with Gasteiger partial charge in [0.05, 0.1) is 13.7 Å². The Morgan fingerprint density at radius 1 is 0.895 bits per heavy atom. The molecular weight excluding hydrogens is 234 g/mol. The molecule has 0 aliphatic heterocycles. The second-order valence-corrected chi connectivity index (χ2v) is 4.87. The molecule has 2 N–H and O–H groups in total. The molecule has 100 valence electrons. The summed E-state index contributed by atoms with van der Waals surface area (Å²) in [4.78, 5) is 0. The van der Waals surface area contributed by atoms with Crippen LogP contribution in [0.15, 0.2) is 48.5 Å².